The predicted molar refractivity (Wildman–Crippen MR) is 96.4 cm³/mol. The average Bonchev–Trinajstić information content (AvgIpc) is 3.04. The minimum atomic E-state index is -0.511. The number of ether oxygens (including phenoxy) is 2. The summed E-state index contributed by atoms with van der Waals surface area (Å²) in [7, 11) is 1.58. The zero-order chi connectivity index (χ0) is 18.8. The van der Waals surface area contributed by atoms with Crippen LogP contribution in [0.1, 0.15) is 25.5 Å². The zero-order valence-corrected chi connectivity index (χ0v) is 14.8. The van der Waals surface area contributed by atoms with Gasteiger partial charge in [-0.25, -0.2) is 4.79 Å². The maximum Gasteiger partial charge on any atom is 0.333 e. The number of rotatable bonds is 5. The Bertz CT molecular complexity index is 994. The number of hydrogen-bond acceptors (Lipinski definition) is 6. The van der Waals surface area contributed by atoms with Gasteiger partial charge in [-0.15, -0.1) is 15.0 Å². The topological polar surface area (TPSA) is 86.5 Å². The molecule has 7 nitrogen and oxygen atoms in total. The molecule has 1 atom stereocenters. The Morgan fingerprint density at radius 2 is 1.92 bits per heavy atom. The van der Waals surface area contributed by atoms with Gasteiger partial charge in [0.2, 0.25) is 0 Å². The standard InChI is InChI=1S/C19H19N3O4/c1-11(2)19(24)26-12(3)13-5-8-18(23)17(9-13)22-20-15-7-6-14(25-4)10-16(15)21-22/h5-10,12,23H,1H2,2-4H3. The van der Waals surface area contributed by atoms with Crippen LogP contribution in [0.4, 0.5) is 0 Å². The summed E-state index contributed by atoms with van der Waals surface area (Å²) >= 11 is 0. The lowest BCUT2D eigenvalue weighted by Gasteiger charge is -2.15. The minimum Gasteiger partial charge on any atom is -0.506 e. The third-order valence-corrected chi connectivity index (χ3v) is 3.90. The molecule has 7 heteroatoms. The molecule has 0 bridgehead atoms. The molecule has 134 valence electrons. The van der Waals surface area contributed by atoms with Crippen molar-refractivity contribution in [2.45, 2.75) is 20.0 Å². The Balaban J connectivity index is 1.97. The molecular formula is C19H19N3O4. The molecule has 26 heavy (non-hydrogen) atoms. The number of aromatic nitrogens is 3. The molecule has 3 rings (SSSR count). The Morgan fingerprint density at radius 1 is 1.19 bits per heavy atom. The van der Waals surface area contributed by atoms with Crippen molar-refractivity contribution in [3.8, 4) is 17.2 Å². The average molecular weight is 353 g/mol. The van der Waals surface area contributed by atoms with Crippen LogP contribution in [0.2, 0.25) is 0 Å². The van der Waals surface area contributed by atoms with E-state index in [4.69, 9.17) is 9.47 Å². The van der Waals surface area contributed by atoms with Gasteiger partial charge in [-0.1, -0.05) is 12.6 Å². The van der Waals surface area contributed by atoms with Crippen molar-refractivity contribution in [2.24, 2.45) is 0 Å². The molecule has 0 aliphatic heterocycles. The summed E-state index contributed by atoms with van der Waals surface area (Å²) in [5.41, 5.74) is 2.71. The fraction of sp³-hybridized carbons (Fsp3) is 0.211. The minimum absolute atomic E-state index is 0.0134. The fourth-order valence-corrected chi connectivity index (χ4v) is 2.41. The Labute approximate surface area is 150 Å². The maximum atomic E-state index is 11.7. The molecule has 0 saturated carbocycles. The normalized spacial score (nSPS) is 12.0. The molecule has 0 amide bonds. The monoisotopic (exact) mass is 353 g/mol. The van der Waals surface area contributed by atoms with Crippen LogP contribution in [0.25, 0.3) is 16.7 Å². The van der Waals surface area contributed by atoms with E-state index in [0.29, 0.717) is 33.6 Å². The molecule has 0 fully saturated rings. The number of hydrogen-bond donors (Lipinski definition) is 1. The van der Waals surface area contributed by atoms with Crippen LogP contribution < -0.4 is 4.74 Å². The third-order valence-electron chi connectivity index (χ3n) is 3.90. The maximum absolute atomic E-state index is 11.7. The van der Waals surface area contributed by atoms with E-state index in [2.05, 4.69) is 16.8 Å². The molecule has 0 spiro atoms. The van der Waals surface area contributed by atoms with E-state index in [1.54, 1.807) is 51.3 Å². The van der Waals surface area contributed by atoms with E-state index >= 15 is 0 Å². The van der Waals surface area contributed by atoms with E-state index in [1.165, 1.54) is 10.9 Å². The highest BCUT2D eigenvalue weighted by Gasteiger charge is 2.16. The second-order valence-corrected chi connectivity index (χ2v) is 5.92. The summed E-state index contributed by atoms with van der Waals surface area (Å²) in [4.78, 5) is 13.1. The molecule has 1 N–H and O–H groups in total. The van der Waals surface area contributed by atoms with Crippen LogP contribution in [0.3, 0.4) is 0 Å². The lowest BCUT2D eigenvalue weighted by molar-refractivity contribution is -0.143. The molecule has 1 heterocycles. The van der Waals surface area contributed by atoms with Crippen molar-refractivity contribution < 1.29 is 19.4 Å². The van der Waals surface area contributed by atoms with Crippen molar-refractivity contribution in [3.63, 3.8) is 0 Å². The van der Waals surface area contributed by atoms with Gasteiger partial charge in [0.15, 0.2) is 0 Å². The van der Waals surface area contributed by atoms with Gasteiger partial charge in [-0.2, -0.15) is 0 Å². The van der Waals surface area contributed by atoms with Crippen LogP contribution in [-0.4, -0.2) is 33.2 Å². The summed E-state index contributed by atoms with van der Waals surface area (Å²) < 4.78 is 10.5. The second-order valence-electron chi connectivity index (χ2n) is 5.92. The SMILES string of the molecule is C=C(C)C(=O)OC(C)c1ccc(O)c(-n2nc3ccc(OC)cc3n2)c1. The highest BCUT2D eigenvalue weighted by molar-refractivity contribution is 5.87. The number of esters is 1. The first-order valence-corrected chi connectivity index (χ1v) is 8.00. The lowest BCUT2D eigenvalue weighted by Crippen LogP contribution is -2.10. The Kier molecular flexibility index (Phi) is 4.62. The van der Waals surface area contributed by atoms with E-state index in [0.717, 1.165) is 0 Å². The highest BCUT2D eigenvalue weighted by Crippen LogP contribution is 2.28. The van der Waals surface area contributed by atoms with Gasteiger partial charge in [-0.05, 0) is 43.7 Å². The predicted octanol–water partition coefficient (Wildman–Crippen LogP) is 3.32. The number of nitrogens with zero attached hydrogens (tertiary/aromatic N) is 3. The van der Waals surface area contributed by atoms with Gasteiger partial charge in [0.25, 0.3) is 0 Å². The molecule has 0 radical (unpaired) electrons. The van der Waals surface area contributed by atoms with E-state index < -0.39 is 12.1 Å². The van der Waals surface area contributed by atoms with Crippen LogP contribution in [0, 0.1) is 0 Å². The number of phenols is 1. The molecule has 0 aliphatic rings. The van der Waals surface area contributed by atoms with E-state index in [-0.39, 0.29) is 5.75 Å². The summed E-state index contributed by atoms with van der Waals surface area (Å²) in [5.74, 6) is 0.212. The number of carbonyl (C=O) groups is 1. The summed E-state index contributed by atoms with van der Waals surface area (Å²) in [6.07, 6.45) is -0.511. The fourth-order valence-electron chi connectivity index (χ4n) is 2.41. The number of methoxy groups -OCH3 is 1. The lowest BCUT2D eigenvalue weighted by atomic mass is 10.1. The molecule has 0 aliphatic carbocycles. The van der Waals surface area contributed by atoms with Crippen molar-refractivity contribution in [2.75, 3.05) is 7.11 Å². The van der Waals surface area contributed by atoms with Crippen molar-refractivity contribution in [3.05, 3.63) is 54.1 Å². The first-order valence-electron chi connectivity index (χ1n) is 8.00. The van der Waals surface area contributed by atoms with Crippen LogP contribution in [0.15, 0.2) is 48.6 Å². The zero-order valence-electron chi connectivity index (χ0n) is 14.8. The Morgan fingerprint density at radius 3 is 2.62 bits per heavy atom. The van der Waals surface area contributed by atoms with Crippen LogP contribution in [0.5, 0.6) is 11.5 Å². The number of phenolic OH excluding ortho intramolecular Hbond substituents is 1. The molecule has 0 saturated heterocycles. The van der Waals surface area contributed by atoms with Crippen molar-refractivity contribution >= 4 is 17.0 Å². The van der Waals surface area contributed by atoms with Crippen LogP contribution >= 0.6 is 0 Å². The van der Waals surface area contributed by atoms with Crippen LogP contribution in [-0.2, 0) is 9.53 Å². The number of benzene rings is 2. The summed E-state index contributed by atoms with van der Waals surface area (Å²) in [5, 5.41) is 19.0. The second kappa shape index (κ2) is 6.87. The molecule has 2 aromatic carbocycles. The Hall–Kier alpha value is -3.35. The first kappa shape index (κ1) is 17.5. The smallest absolute Gasteiger partial charge is 0.333 e. The van der Waals surface area contributed by atoms with Crippen molar-refractivity contribution in [1.29, 1.82) is 0 Å². The van der Waals surface area contributed by atoms with E-state index in [1.807, 2.05) is 0 Å². The third kappa shape index (κ3) is 3.37. The molecular weight excluding hydrogens is 334 g/mol. The summed E-state index contributed by atoms with van der Waals surface area (Å²) in [6.45, 7) is 6.90. The summed E-state index contributed by atoms with van der Waals surface area (Å²) in [6, 6.07) is 10.2. The van der Waals surface area contributed by atoms with Gasteiger partial charge in [0, 0.05) is 11.6 Å². The quantitative estimate of drug-likeness (QED) is 0.559. The number of carbonyl (C=O) groups excluding carboxylic acids is 1. The van der Waals surface area contributed by atoms with Gasteiger partial charge in [0.05, 0.1) is 7.11 Å². The van der Waals surface area contributed by atoms with Gasteiger partial charge in [-0.3, -0.25) is 0 Å². The van der Waals surface area contributed by atoms with Crippen molar-refractivity contribution in [1.82, 2.24) is 15.0 Å². The van der Waals surface area contributed by atoms with Gasteiger partial charge < -0.3 is 14.6 Å². The van der Waals surface area contributed by atoms with E-state index in [9.17, 15) is 9.90 Å². The molecule has 1 unspecified atom stereocenters. The number of fused-ring (bicyclic) bond motifs is 1. The largest absolute Gasteiger partial charge is 0.506 e. The van der Waals surface area contributed by atoms with Gasteiger partial charge >= 0.3 is 5.97 Å². The molecule has 1 aromatic heterocycles. The highest BCUT2D eigenvalue weighted by atomic mass is 16.5. The molecule has 3 aromatic rings. The number of aromatic hydroxyl groups is 1. The van der Waals surface area contributed by atoms with Gasteiger partial charge in [0.1, 0.15) is 34.3 Å². The first-order chi connectivity index (χ1) is 12.4.